The van der Waals surface area contributed by atoms with Crippen molar-refractivity contribution in [2.45, 2.75) is 29.5 Å². The summed E-state index contributed by atoms with van der Waals surface area (Å²) in [6, 6.07) is 6.77. The quantitative estimate of drug-likeness (QED) is 0.825. The Morgan fingerprint density at radius 1 is 1.15 bits per heavy atom. The smallest absolute Gasteiger partial charge is 0.187 e. The van der Waals surface area contributed by atoms with Crippen LogP contribution in [0.5, 0.6) is 5.75 Å². The van der Waals surface area contributed by atoms with Crippen molar-refractivity contribution in [2.75, 3.05) is 13.2 Å². The maximum Gasteiger partial charge on any atom is 0.187 e. The van der Waals surface area contributed by atoms with Crippen molar-refractivity contribution in [3.05, 3.63) is 58.6 Å². The second-order valence-corrected chi connectivity index (χ2v) is 8.57. The number of benzene rings is 2. The topological polar surface area (TPSA) is 55.4 Å². The monoisotopic (exact) mass is 401 g/mol. The number of ether oxygens (including phenoxy) is 1. The molecule has 0 saturated heterocycles. The van der Waals surface area contributed by atoms with Gasteiger partial charge in [-0.05, 0) is 49.4 Å². The predicted molar refractivity (Wildman–Crippen MR) is 95.3 cm³/mol. The minimum absolute atomic E-state index is 0.00768. The third-order valence-corrected chi connectivity index (χ3v) is 6.70. The fourth-order valence-electron chi connectivity index (χ4n) is 3.06. The van der Waals surface area contributed by atoms with E-state index in [-0.39, 0.29) is 22.8 Å². The zero-order chi connectivity index (χ0) is 18.9. The molecule has 2 atom stereocenters. The van der Waals surface area contributed by atoms with Gasteiger partial charge in [0.15, 0.2) is 21.4 Å². The van der Waals surface area contributed by atoms with Gasteiger partial charge in [-0.3, -0.25) is 0 Å². The normalized spacial score (nSPS) is 19.7. The summed E-state index contributed by atoms with van der Waals surface area (Å²) in [7, 11) is -4.02. The van der Waals surface area contributed by atoms with Gasteiger partial charge in [-0.1, -0.05) is 18.5 Å². The van der Waals surface area contributed by atoms with Crippen LogP contribution in [0.15, 0.2) is 41.3 Å². The second kappa shape index (κ2) is 7.50. The van der Waals surface area contributed by atoms with Gasteiger partial charge in [0.1, 0.15) is 17.7 Å². The third kappa shape index (κ3) is 3.43. The highest BCUT2D eigenvalue weighted by molar-refractivity contribution is 7.91. The largest absolute Gasteiger partial charge is 0.488 e. The lowest BCUT2D eigenvalue weighted by molar-refractivity contribution is 0.219. The molecular weight excluding hydrogens is 384 g/mol. The zero-order valence-corrected chi connectivity index (χ0v) is 15.6. The molecule has 2 aromatic rings. The van der Waals surface area contributed by atoms with Crippen LogP contribution in [0.2, 0.25) is 5.02 Å². The summed E-state index contributed by atoms with van der Waals surface area (Å²) in [6.07, 6.45) is 0.753. The lowest BCUT2D eigenvalue weighted by atomic mass is 10.0. The molecule has 0 radical (unpaired) electrons. The molecule has 0 saturated carbocycles. The summed E-state index contributed by atoms with van der Waals surface area (Å²) in [4.78, 5) is -0.00768. The molecule has 2 aromatic carbocycles. The molecule has 4 nitrogen and oxygen atoms in total. The number of nitrogens with one attached hydrogen (secondary N) is 1. The Bertz CT molecular complexity index is 903. The van der Waals surface area contributed by atoms with Gasteiger partial charge >= 0.3 is 0 Å². The Labute approximate surface area is 156 Å². The van der Waals surface area contributed by atoms with Crippen LogP contribution in [0.3, 0.4) is 0 Å². The van der Waals surface area contributed by atoms with Gasteiger partial charge in [0.2, 0.25) is 0 Å². The molecule has 0 bridgehead atoms. The highest BCUT2D eigenvalue weighted by Crippen LogP contribution is 2.43. The minimum atomic E-state index is -4.02. The molecule has 140 valence electrons. The van der Waals surface area contributed by atoms with Crippen LogP contribution in [0.1, 0.15) is 24.2 Å². The molecule has 1 N–H and O–H groups in total. The maximum atomic E-state index is 14.5. The number of hydrogen-bond acceptors (Lipinski definition) is 4. The molecule has 0 spiro atoms. The first-order chi connectivity index (χ1) is 12.4. The van der Waals surface area contributed by atoms with Crippen molar-refractivity contribution in [1.29, 1.82) is 0 Å². The van der Waals surface area contributed by atoms with Crippen LogP contribution in [0, 0.1) is 11.6 Å². The van der Waals surface area contributed by atoms with Gasteiger partial charge in [-0.25, -0.2) is 17.2 Å². The van der Waals surface area contributed by atoms with Crippen molar-refractivity contribution >= 4 is 21.4 Å². The average molecular weight is 402 g/mol. The van der Waals surface area contributed by atoms with Gasteiger partial charge in [0.25, 0.3) is 0 Å². The molecular formula is C18H18ClF2NO3S. The van der Waals surface area contributed by atoms with E-state index < -0.39 is 32.8 Å². The molecule has 0 amide bonds. The van der Waals surface area contributed by atoms with E-state index >= 15 is 0 Å². The molecule has 0 fully saturated rings. The molecule has 0 aliphatic carbocycles. The Hall–Kier alpha value is -1.70. The van der Waals surface area contributed by atoms with E-state index in [0.29, 0.717) is 11.6 Å². The molecule has 0 aromatic heterocycles. The number of halogens is 3. The standard InChI is InChI=1S/C18H18ClF2NO3S/c1-2-9-22-15-10-25-17-14(21)8-7-13(20)16(17)18(15)26(23,24)12-5-3-11(19)4-6-12/h3-8,15,18,22H,2,9-10H2,1H3. The predicted octanol–water partition coefficient (Wildman–Crippen LogP) is 3.89. The number of fused-ring (bicyclic) bond motifs is 1. The fraction of sp³-hybridized carbons (Fsp3) is 0.333. The van der Waals surface area contributed by atoms with E-state index in [1.807, 2.05) is 6.92 Å². The van der Waals surface area contributed by atoms with Crippen LogP contribution in [-0.2, 0) is 9.84 Å². The molecule has 1 heterocycles. The van der Waals surface area contributed by atoms with Crippen molar-refractivity contribution in [1.82, 2.24) is 5.32 Å². The van der Waals surface area contributed by atoms with E-state index in [2.05, 4.69) is 5.32 Å². The van der Waals surface area contributed by atoms with Crippen LogP contribution in [-0.4, -0.2) is 27.6 Å². The van der Waals surface area contributed by atoms with Crippen molar-refractivity contribution in [2.24, 2.45) is 0 Å². The molecule has 3 rings (SSSR count). The van der Waals surface area contributed by atoms with Crippen LogP contribution >= 0.6 is 11.6 Å². The minimum Gasteiger partial charge on any atom is -0.488 e. The summed E-state index contributed by atoms with van der Waals surface area (Å²) in [6.45, 7) is 2.37. The lowest BCUT2D eigenvalue weighted by Gasteiger charge is -2.34. The molecule has 26 heavy (non-hydrogen) atoms. The van der Waals surface area contributed by atoms with Crippen molar-refractivity contribution < 1.29 is 21.9 Å². The Kier molecular flexibility index (Phi) is 5.50. The number of hydrogen-bond donors (Lipinski definition) is 1. The molecule has 1 aliphatic heterocycles. The van der Waals surface area contributed by atoms with Crippen molar-refractivity contribution in [3.63, 3.8) is 0 Å². The first kappa shape index (κ1) is 19.1. The Morgan fingerprint density at radius 3 is 2.46 bits per heavy atom. The van der Waals surface area contributed by atoms with Gasteiger partial charge in [0.05, 0.1) is 16.5 Å². The number of sulfone groups is 1. The van der Waals surface area contributed by atoms with E-state index in [4.69, 9.17) is 16.3 Å². The summed E-state index contributed by atoms with van der Waals surface area (Å²) in [5.74, 6) is -1.94. The fourth-order valence-corrected chi connectivity index (χ4v) is 5.13. The average Bonchev–Trinajstić information content (AvgIpc) is 2.62. The molecule has 1 aliphatic rings. The summed E-state index contributed by atoms with van der Waals surface area (Å²) >= 11 is 5.84. The highest BCUT2D eigenvalue weighted by Gasteiger charge is 2.43. The van der Waals surface area contributed by atoms with Crippen molar-refractivity contribution in [3.8, 4) is 5.75 Å². The summed E-state index contributed by atoms with van der Waals surface area (Å²) < 4.78 is 60.6. The number of rotatable bonds is 5. The van der Waals surface area contributed by atoms with Crippen LogP contribution in [0.25, 0.3) is 0 Å². The van der Waals surface area contributed by atoms with E-state index in [0.717, 1.165) is 18.6 Å². The first-order valence-corrected chi connectivity index (χ1v) is 10.1. The SMILES string of the molecule is CCCNC1COc2c(F)ccc(F)c2C1S(=O)(=O)c1ccc(Cl)cc1. The van der Waals surface area contributed by atoms with E-state index in [9.17, 15) is 17.2 Å². The van der Waals surface area contributed by atoms with E-state index in [1.54, 1.807) is 0 Å². The van der Waals surface area contributed by atoms with Crippen LogP contribution in [0.4, 0.5) is 8.78 Å². The summed E-state index contributed by atoms with van der Waals surface area (Å²) in [5.41, 5.74) is -0.278. The first-order valence-electron chi connectivity index (χ1n) is 8.19. The van der Waals surface area contributed by atoms with E-state index in [1.165, 1.54) is 24.3 Å². The molecule has 2 unspecified atom stereocenters. The highest BCUT2D eigenvalue weighted by atomic mass is 35.5. The van der Waals surface area contributed by atoms with Gasteiger partial charge < -0.3 is 10.1 Å². The Balaban J connectivity index is 2.16. The second-order valence-electron chi connectivity index (χ2n) is 6.06. The Morgan fingerprint density at radius 2 is 1.81 bits per heavy atom. The maximum absolute atomic E-state index is 14.5. The van der Waals surface area contributed by atoms with Crippen LogP contribution < -0.4 is 10.1 Å². The van der Waals surface area contributed by atoms with Gasteiger partial charge in [-0.2, -0.15) is 0 Å². The van der Waals surface area contributed by atoms with Gasteiger partial charge in [0, 0.05) is 5.02 Å². The van der Waals surface area contributed by atoms with Gasteiger partial charge in [-0.15, -0.1) is 0 Å². The lowest BCUT2D eigenvalue weighted by Crippen LogP contribution is -2.46. The zero-order valence-electron chi connectivity index (χ0n) is 14.0. The molecule has 8 heteroatoms. The third-order valence-electron chi connectivity index (χ3n) is 4.29. The summed E-state index contributed by atoms with van der Waals surface area (Å²) in [5, 5.41) is 2.15.